The third-order valence-electron chi connectivity index (χ3n) is 5.47. The van der Waals surface area contributed by atoms with Crippen molar-refractivity contribution in [2.24, 2.45) is 0 Å². The molecule has 0 saturated heterocycles. The Labute approximate surface area is 186 Å². The second kappa shape index (κ2) is 8.57. The first-order chi connectivity index (χ1) is 15.3. The zero-order valence-corrected chi connectivity index (χ0v) is 18.8. The molecule has 0 aliphatic rings. The smallest absolute Gasteiger partial charge is 0.266 e. The summed E-state index contributed by atoms with van der Waals surface area (Å²) in [5.74, 6) is 0.967. The molecular weight excluding hydrogens is 426 g/mol. The molecule has 0 spiro atoms. The van der Waals surface area contributed by atoms with Crippen molar-refractivity contribution in [3.05, 3.63) is 95.0 Å². The quantitative estimate of drug-likeness (QED) is 0.448. The van der Waals surface area contributed by atoms with Gasteiger partial charge in [0.05, 0.1) is 34.6 Å². The van der Waals surface area contributed by atoms with Crippen molar-refractivity contribution in [3.8, 4) is 11.4 Å². The Balaban J connectivity index is 1.91. The lowest BCUT2D eigenvalue weighted by molar-refractivity contribution is 0.379. The van der Waals surface area contributed by atoms with E-state index >= 15 is 0 Å². The molecule has 0 aliphatic heterocycles. The van der Waals surface area contributed by atoms with E-state index in [1.165, 1.54) is 15.9 Å². The molecule has 0 radical (unpaired) electrons. The Morgan fingerprint density at radius 2 is 1.56 bits per heavy atom. The number of hydrogen-bond acceptors (Lipinski definition) is 5. The lowest BCUT2D eigenvalue weighted by Crippen LogP contribution is -2.34. The largest absolute Gasteiger partial charge is 0.497 e. The van der Waals surface area contributed by atoms with Gasteiger partial charge in [0.1, 0.15) is 11.6 Å². The fourth-order valence-electron chi connectivity index (χ4n) is 3.54. The zero-order valence-electron chi connectivity index (χ0n) is 18.0. The van der Waals surface area contributed by atoms with E-state index in [1.54, 1.807) is 92.9 Å². The Kier molecular flexibility index (Phi) is 5.82. The van der Waals surface area contributed by atoms with E-state index in [4.69, 9.17) is 9.72 Å². The average Bonchev–Trinajstić information content (AvgIpc) is 2.83. The van der Waals surface area contributed by atoms with Crippen LogP contribution in [0.2, 0.25) is 0 Å². The van der Waals surface area contributed by atoms with Crippen molar-refractivity contribution < 1.29 is 13.2 Å². The summed E-state index contributed by atoms with van der Waals surface area (Å²) in [6.07, 6.45) is 0. The Hall–Kier alpha value is -3.49. The zero-order chi connectivity index (χ0) is 22.9. The maximum Gasteiger partial charge on any atom is 0.266 e. The van der Waals surface area contributed by atoms with Crippen LogP contribution < -0.4 is 10.3 Å². The van der Waals surface area contributed by atoms with Gasteiger partial charge in [0.15, 0.2) is 0 Å². The number of benzene rings is 3. The Morgan fingerprint density at radius 1 is 0.938 bits per heavy atom. The first kappa shape index (κ1) is 21.7. The van der Waals surface area contributed by atoms with Gasteiger partial charge < -0.3 is 4.74 Å². The minimum absolute atomic E-state index is 0.175. The van der Waals surface area contributed by atoms with Gasteiger partial charge in [-0.05, 0) is 55.5 Å². The topological polar surface area (TPSA) is 81.5 Å². The van der Waals surface area contributed by atoms with Crippen molar-refractivity contribution >= 4 is 20.9 Å². The van der Waals surface area contributed by atoms with Crippen LogP contribution in [0.15, 0.2) is 88.6 Å². The van der Waals surface area contributed by atoms with Crippen LogP contribution in [0.1, 0.15) is 18.8 Å². The number of nitrogens with zero attached hydrogens (tertiary/aromatic N) is 3. The summed E-state index contributed by atoms with van der Waals surface area (Å²) in [5.41, 5.74) is 0.809. The predicted octanol–water partition coefficient (Wildman–Crippen LogP) is 3.78. The number of sulfonamides is 1. The molecule has 4 rings (SSSR count). The summed E-state index contributed by atoms with van der Waals surface area (Å²) in [5, 5.41) is 0.452. The summed E-state index contributed by atoms with van der Waals surface area (Å²) in [4.78, 5) is 18.4. The van der Waals surface area contributed by atoms with E-state index in [0.717, 1.165) is 0 Å². The minimum atomic E-state index is -3.80. The van der Waals surface area contributed by atoms with Gasteiger partial charge in [0.25, 0.3) is 5.56 Å². The van der Waals surface area contributed by atoms with Gasteiger partial charge in [-0.3, -0.25) is 9.36 Å². The van der Waals surface area contributed by atoms with E-state index < -0.39 is 16.1 Å². The SMILES string of the molecule is COc1ccc(-n2c(C(C)N(C)S(=O)(=O)c3ccccc3)nc3ccccc3c2=O)cc1. The van der Waals surface area contributed by atoms with Gasteiger partial charge in [-0.15, -0.1) is 0 Å². The Bertz CT molecular complexity index is 1420. The van der Waals surface area contributed by atoms with Gasteiger partial charge >= 0.3 is 0 Å². The molecule has 8 heteroatoms. The molecule has 1 atom stereocenters. The maximum atomic E-state index is 13.5. The highest BCUT2D eigenvalue weighted by Gasteiger charge is 2.30. The molecular formula is C24H23N3O4S. The van der Waals surface area contributed by atoms with Crippen LogP contribution in [-0.2, 0) is 10.0 Å². The fraction of sp³-hybridized carbons (Fsp3) is 0.167. The second-order valence-corrected chi connectivity index (χ2v) is 9.33. The van der Waals surface area contributed by atoms with Crippen LogP contribution in [0.5, 0.6) is 5.75 Å². The first-order valence-corrected chi connectivity index (χ1v) is 11.5. The third kappa shape index (κ3) is 3.79. The lowest BCUT2D eigenvalue weighted by atomic mass is 10.2. The number of fused-ring (bicyclic) bond motifs is 1. The highest BCUT2D eigenvalue weighted by molar-refractivity contribution is 7.89. The summed E-state index contributed by atoms with van der Waals surface area (Å²) in [6, 6.07) is 21.5. The summed E-state index contributed by atoms with van der Waals surface area (Å²) < 4.78 is 34.4. The van der Waals surface area contributed by atoms with Gasteiger partial charge in [-0.25, -0.2) is 13.4 Å². The molecule has 0 amide bonds. The van der Waals surface area contributed by atoms with Crippen molar-refractivity contribution in [2.75, 3.05) is 14.2 Å². The summed E-state index contributed by atoms with van der Waals surface area (Å²) in [7, 11) is -0.746. The van der Waals surface area contributed by atoms with Crippen LogP contribution in [0.25, 0.3) is 16.6 Å². The monoisotopic (exact) mass is 449 g/mol. The molecule has 4 aromatic rings. The van der Waals surface area contributed by atoms with Crippen LogP contribution in [0, 0.1) is 0 Å². The minimum Gasteiger partial charge on any atom is -0.497 e. The van der Waals surface area contributed by atoms with Crippen molar-refractivity contribution in [1.82, 2.24) is 13.9 Å². The molecule has 0 N–H and O–H groups in total. The predicted molar refractivity (Wildman–Crippen MR) is 124 cm³/mol. The molecule has 32 heavy (non-hydrogen) atoms. The first-order valence-electron chi connectivity index (χ1n) is 10.0. The molecule has 164 valence electrons. The van der Waals surface area contributed by atoms with E-state index in [0.29, 0.717) is 28.2 Å². The number of ether oxygens (including phenoxy) is 1. The lowest BCUT2D eigenvalue weighted by Gasteiger charge is -2.26. The fourth-order valence-corrected chi connectivity index (χ4v) is 4.88. The van der Waals surface area contributed by atoms with Crippen LogP contribution in [0.3, 0.4) is 0 Å². The number of methoxy groups -OCH3 is 1. The number of rotatable bonds is 6. The summed E-state index contributed by atoms with van der Waals surface area (Å²) >= 11 is 0. The molecule has 1 aromatic heterocycles. The molecule has 0 bridgehead atoms. The summed E-state index contributed by atoms with van der Waals surface area (Å²) in [6.45, 7) is 1.72. The number of para-hydroxylation sites is 1. The second-order valence-electron chi connectivity index (χ2n) is 7.34. The molecule has 0 fully saturated rings. The molecule has 1 unspecified atom stereocenters. The highest BCUT2D eigenvalue weighted by Crippen LogP contribution is 2.27. The van der Waals surface area contributed by atoms with Crippen molar-refractivity contribution in [3.63, 3.8) is 0 Å². The van der Waals surface area contributed by atoms with Gasteiger partial charge in [-0.2, -0.15) is 4.31 Å². The van der Waals surface area contributed by atoms with Crippen molar-refractivity contribution in [1.29, 1.82) is 0 Å². The average molecular weight is 450 g/mol. The van der Waals surface area contributed by atoms with Crippen LogP contribution >= 0.6 is 0 Å². The third-order valence-corrected chi connectivity index (χ3v) is 7.41. The number of aromatic nitrogens is 2. The maximum absolute atomic E-state index is 13.5. The van der Waals surface area contributed by atoms with E-state index in [2.05, 4.69) is 0 Å². The standard InChI is InChI=1S/C24H23N3O4S/c1-17(26(2)32(29,30)20-9-5-4-6-10-20)23-25-22-12-8-7-11-21(22)24(28)27(23)18-13-15-19(31-3)16-14-18/h4-17H,1-3H3. The molecule has 3 aromatic carbocycles. The molecule has 0 aliphatic carbocycles. The normalized spacial score (nSPS) is 12.8. The Morgan fingerprint density at radius 3 is 2.22 bits per heavy atom. The molecule has 1 heterocycles. The van der Waals surface area contributed by atoms with E-state index in [-0.39, 0.29) is 10.5 Å². The van der Waals surface area contributed by atoms with Gasteiger partial charge in [0.2, 0.25) is 10.0 Å². The van der Waals surface area contributed by atoms with Crippen LogP contribution in [0.4, 0.5) is 0 Å². The van der Waals surface area contributed by atoms with Crippen molar-refractivity contribution in [2.45, 2.75) is 17.9 Å². The van der Waals surface area contributed by atoms with Gasteiger partial charge in [-0.1, -0.05) is 30.3 Å². The molecule has 7 nitrogen and oxygen atoms in total. The van der Waals surface area contributed by atoms with Crippen LogP contribution in [-0.4, -0.2) is 36.4 Å². The van der Waals surface area contributed by atoms with E-state index in [9.17, 15) is 13.2 Å². The molecule has 0 saturated carbocycles. The number of hydrogen-bond donors (Lipinski definition) is 0. The highest BCUT2D eigenvalue weighted by atomic mass is 32.2. The van der Waals surface area contributed by atoms with Gasteiger partial charge in [0, 0.05) is 7.05 Å². The van der Waals surface area contributed by atoms with E-state index in [1.807, 2.05) is 0 Å².